The number of para-hydroxylation sites is 1. The van der Waals surface area contributed by atoms with E-state index >= 15 is 0 Å². The van der Waals surface area contributed by atoms with E-state index in [0.717, 1.165) is 6.33 Å². The van der Waals surface area contributed by atoms with Gasteiger partial charge in [-0.1, -0.05) is 18.2 Å². The Morgan fingerprint density at radius 2 is 1.85 bits per heavy atom. The summed E-state index contributed by atoms with van der Waals surface area (Å²) < 4.78 is 43.8. The predicted molar refractivity (Wildman–Crippen MR) is 85.5 cm³/mol. The van der Waals surface area contributed by atoms with Crippen LogP contribution in [0.1, 0.15) is 21.9 Å². The van der Waals surface area contributed by atoms with Crippen LogP contribution in [0.2, 0.25) is 0 Å². The Bertz CT molecular complexity index is 877. The van der Waals surface area contributed by atoms with Crippen molar-refractivity contribution in [2.45, 2.75) is 12.7 Å². The Morgan fingerprint density at radius 1 is 1.08 bits per heavy atom. The SMILES string of the molecule is O=C(NCc1ccc(Oc2ccccc2)cn1)c1nc[nH]c1C(F)(F)F. The third-order valence-electron chi connectivity index (χ3n) is 3.34. The van der Waals surface area contributed by atoms with Crippen LogP contribution in [0.4, 0.5) is 13.2 Å². The number of nitrogens with zero attached hydrogens (tertiary/aromatic N) is 2. The normalized spacial score (nSPS) is 11.2. The van der Waals surface area contributed by atoms with Gasteiger partial charge in [0.15, 0.2) is 11.4 Å². The molecule has 0 spiro atoms. The lowest BCUT2D eigenvalue weighted by Crippen LogP contribution is -2.26. The number of pyridine rings is 1. The molecule has 0 atom stereocenters. The van der Waals surface area contributed by atoms with Crippen LogP contribution in [0.5, 0.6) is 11.5 Å². The summed E-state index contributed by atoms with van der Waals surface area (Å²) in [5.74, 6) is 0.205. The Kier molecular flexibility index (Phi) is 4.87. The molecule has 0 aliphatic heterocycles. The number of H-pyrrole nitrogens is 1. The Balaban J connectivity index is 1.60. The van der Waals surface area contributed by atoms with Crippen LogP contribution in [-0.4, -0.2) is 20.9 Å². The zero-order chi connectivity index (χ0) is 18.6. The van der Waals surface area contributed by atoms with E-state index in [0.29, 0.717) is 17.2 Å². The van der Waals surface area contributed by atoms with Gasteiger partial charge in [0.2, 0.25) is 0 Å². The number of nitrogens with one attached hydrogen (secondary N) is 2. The van der Waals surface area contributed by atoms with Gasteiger partial charge in [0, 0.05) is 0 Å². The number of carbonyl (C=O) groups is 1. The molecule has 26 heavy (non-hydrogen) atoms. The molecule has 3 aromatic rings. The average Bonchev–Trinajstić information content (AvgIpc) is 3.12. The van der Waals surface area contributed by atoms with Crippen LogP contribution in [0, 0.1) is 0 Å². The highest BCUT2D eigenvalue weighted by Gasteiger charge is 2.37. The number of hydrogen-bond donors (Lipinski definition) is 2. The van der Waals surface area contributed by atoms with E-state index in [9.17, 15) is 18.0 Å². The predicted octanol–water partition coefficient (Wildman–Crippen LogP) is 3.55. The summed E-state index contributed by atoms with van der Waals surface area (Å²) in [6.07, 6.45) is -2.40. The zero-order valence-corrected chi connectivity index (χ0v) is 13.2. The summed E-state index contributed by atoms with van der Waals surface area (Å²) in [5.41, 5.74) is -1.43. The van der Waals surface area contributed by atoms with Gasteiger partial charge >= 0.3 is 6.18 Å². The third kappa shape index (κ3) is 4.18. The van der Waals surface area contributed by atoms with Gasteiger partial charge in [0.1, 0.15) is 11.5 Å². The molecule has 0 saturated heterocycles. The molecule has 0 unspecified atom stereocenters. The fourth-order valence-corrected chi connectivity index (χ4v) is 2.14. The van der Waals surface area contributed by atoms with E-state index < -0.39 is 23.5 Å². The highest BCUT2D eigenvalue weighted by Crippen LogP contribution is 2.29. The molecule has 9 heteroatoms. The second-order valence-electron chi connectivity index (χ2n) is 5.21. The minimum absolute atomic E-state index is 0.0470. The Morgan fingerprint density at radius 3 is 2.50 bits per heavy atom. The standard InChI is InChI=1S/C17H13F3N4O2/c18-17(19,20)15-14(23-10-24-15)16(25)22-8-11-6-7-13(9-21-11)26-12-4-2-1-3-5-12/h1-7,9-10H,8H2,(H,22,25)(H,23,24). The van der Waals surface area contributed by atoms with Crippen LogP contribution in [0.25, 0.3) is 0 Å². The van der Waals surface area contributed by atoms with Crippen molar-refractivity contribution < 1.29 is 22.7 Å². The summed E-state index contributed by atoms with van der Waals surface area (Å²) in [6.45, 7) is -0.0470. The van der Waals surface area contributed by atoms with Crippen LogP contribution < -0.4 is 10.1 Å². The molecule has 2 aromatic heterocycles. The number of hydrogen-bond acceptors (Lipinski definition) is 4. The number of ether oxygens (including phenoxy) is 1. The van der Waals surface area contributed by atoms with Crippen LogP contribution in [-0.2, 0) is 12.7 Å². The smallest absolute Gasteiger partial charge is 0.433 e. The highest BCUT2D eigenvalue weighted by molar-refractivity contribution is 5.93. The average molecular weight is 362 g/mol. The van der Waals surface area contributed by atoms with Crippen molar-refractivity contribution >= 4 is 5.91 Å². The lowest BCUT2D eigenvalue weighted by atomic mass is 10.3. The molecule has 0 bridgehead atoms. The van der Waals surface area contributed by atoms with Crippen LogP contribution >= 0.6 is 0 Å². The molecular formula is C17H13F3N4O2. The van der Waals surface area contributed by atoms with Gasteiger partial charge in [-0.2, -0.15) is 13.2 Å². The van der Waals surface area contributed by atoms with E-state index in [4.69, 9.17) is 4.74 Å². The molecule has 6 nitrogen and oxygen atoms in total. The second-order valence-corrected chi connectivity index (χ2v) is 5.21. The maximum Gasteiger partial charge on any atom is 0.433 e. The first kappa shape index (κ1) is 17.5. The quantitative estimate of drug-likeness (QED) is 0.728. The fraction of sp³-hybridized carbons (Fsp3) is 0.118. The van der Waals surface area contributed by atoms with Crippen molar-refractivity contribution in [3.63, 3.8) is 0 Å². The van der Waals surface area contributed by atoms with Gasteiger partial charge in [-0.25, -0.2) is 4.98 Å². The first-order chi connectivity index (χ1) is 12.4. The van der Waals surface area contributed by atoms with Gasteiger partial charge in [-0.15, -0.1) is 0 Å². The number of imidazole rings is 1. The number of carbonyl (C=O) groups excluding carboxylic acids is 1. The molecule has 0 radical (unpaired) electrons. The summed E-state index contributed by atoms with van der Waals surface area (Å²) in [5, 5.41) is 2.36. The molecule has 2 N–H and O–H groups in total. The van der Waals surface area contributed by atoms with Crippen LogP contribution in [0.15, 0.2) is 55.0 Å². The molecule has 0 fully saturated rings. The van der Waals surface area contributed by atoms with Crippen molar-refractivity contribution in [1.82, 2.24) is 20.3 Å². The van der Waals surface area contributed by atoms with Gasteiger partial charge in [-0.3, -0.25) is 9.78 Å². The van der Waals surface area contributed by atoms with Crippen molar-refractivity contribution in [2.75, 3.05) is 0 Å². The fourth-order valence-electron chi connectivity index (χ4n) is 2.14. The lowest BCUT2D eigenvalue weighted by molar-refractivity contribution is -0.141. The molecule has 0 aliphatic carbocycles. The van der Waals surface area contributed by atoms with E-state index in [2.05, 4.69) is 15.3 Å². The Labute approximate surface area is 146 Å². The number of benzene rings is 1. The first-order valence-corrected chi connectivity index (χ1v) is 7.50. The summed E-state index contributed by atoms with van der Waals surface area (Å²) in [4.78, 5) is 21.4. The molecule has 1 amide bonds. The van der Waals surface area contributed by atoms with Crippen molar-refractivity contribution in [3.8, 4) is 11.5 Å². The molecule has 0 aliphatic rings. The van der Waals surface area contributed by atoms with Crippen molar-refractivity contribution in [2.24, 2.45) is 0 Å². The number of alkyl halides is 3. The van der Waals surface area contributed by atoms with Gasteiger partial charge in [0.05, 0.1) is 24.8 Å². The monoisotopic (exact) mass is 362 g/mol. The number of rotatable bonds is 5. The largest absolute Gasteiger partial charge is 0.456 e. The minimum Gasteiger partial charge on any atom is -0.456 e. The number of aromatic amines is 1. The van der Waals surface area contributed by atoms with Crippen molar-refractivity contribution in [1.29, 1.82) is 0 Å². The molecule has 3 rings (SSSR count). The maximum atomic E-state index is 12.8. The molecule has 2 heterocycles. The van der Waals surface area contributed by atoms with E-state index in [1.165, 1.54) is 6.20 Å². The van der Waals surface area contributed by atoms with Gasteiger partial charge in [0.25, 0.3) is 5.91 Å². The summed E-state index contributed by atoms with van der Waals surface area (Å²) in [6, 6.07) is 12.4. The molecule has 1 aromatic carbocycles. The van der Waals surface area contributed by atoms with E-state index in [1.807, 2.05) is 23.2 Å². The molecule has 0 saturated carbocycles. The second kappa shape index (κ2) is 7.26. The topological polar surface area (TPSA) is 79.9 Å². The summed E-state index contributed by atoms with van der Waals surface area (Å²) >= 11 is 0. The highest BCUT2D eigenvalue weighted by atomic mass is 19.4. The number of halogens is 3. The third-order valence-corrected chi connectivity index (χ3v) is 3.34. The van der Waals surface area contributed by atoms with Crippen LogP contribution in [0.3, 0.4) is 0 Å². The maximum absolute atomic E-state index is 12.8. The zero-order valence-electron chi connectivity index (χ0n) is 13.2. The number of amides is 1. The van der Waals surface area contributed by atoms with E-state index in [-0.39, 0.29) is 6.54 Å². The van der Waals surface area contributed by atoms with E-state index in [1.54, 1.807) is 24.3 Å². The minimum atomic E-state index is -4.68. The summed E-state index contributed by atoms with van der Waals surface area (Å²) in [7, 11) is 0. The molecular weight excluding hydrogens is 349 g/mol. The first-order valence-electron chi connectivity index (χ1n) is 7.50. The molecule has 134 valence electrons. The number of aromatic nitrogens is 3. The van der Waals surface area contributed by atoms with Gasteiger partial charge < -0.3 is 15.0 Å². The van der Waals surface area contributed by atoms with Gasteiger partial charge in [-0.05, 0) is 24.3 Å². The lowest BCUT2D eigenvalue weighted by Gasteiger charge is -2.08. The Hall–Kier alpha value is -3.36. The van der Waals surface area contributed by atoms with Crippen molar-refractivity contribution in [3.05, 3.63) is 72.1 Å².